The van der Waals surface area contributed by atoms with Crippen LogP contribution < -0.4 is 4.90 Å². The quantitative estimate of drug-likeness (QED) is 0.843. The minimum Gasteiger partial charge on any atom is -0.273 e. The Hall–Kier alpha value is -2.30. The van der Waals surface area contributed by atoms with Crippen LogP contribution in [0.15, 0.2) is 42.9 Å². The van der Waals surface area contributed by atoms with Crippen molar-refractivity contribution in [1.29, 1.82) is 0 Å². The van der Waals surface area contributed by atoms with E-state index in [-0.39, 0.29) is 5.91 Å². The molecule has 2 rings (SSSR count). The van der Waals surface area contributed by atoms with Crippen LogP contribution in [0.25, 0.3) is 0 Å². The molecule has 0 saturated heterocycles. The van der Waals surface area contributed by atoms with Crippen LogP contribution >= 0.6 is 0 Å². The largest absolute Gasteiger partial charge is 0.273 e. The van der Waals surface area contributed by atoms with Crippen LogP contribution in [0, 0.1) is 11.2 Å². The first-order valence-corrected chi connectivity index (χ1v) is 6.26. The van der Waals surface area contributed by atoms with E-state index in [0.29, 0.717) is 11.5 Å². The number of nitrogens with zero attached hydrogens (tertiary/aromatic N) is 3. The third-order valence-corrected chi connectivity index (χ3v) is 2.69. The summed E-state index contributed by atoms with van der Waals surface area (Å²) in [4.78, 5) is 22.1. The van der Waals surface area contributed by atoms with E-state index in [1.165, 1.54) is 35.6 Å². The maximum absolute atomic E-state index is 13.4. The molecule has 20 heavy (non-hydrogen) atoms. The van der Waals surface area contributed by atoms with Crippen LogP contribution in [0.1, 0.15) is 20.8 Å². The molecular weight excluding hydrogens is 257 g/mol. The highest BCUT2D eigenvalue weighted by Gasteiger charge is 2.30. The van der Waals surface area contributed by atoms with Crippen molar-refractivity contribution in [2.75, 3.05) is 4.90 Å². The lowest BCUT2D eigenvalue weighted by molar-refractivity contribution is -0.125. The SMILES string of the molecule is CC(C)(C)C(=O)N(c1cccc(F)c1)c1cnccn1. The maximum Gasteiger partial charge on any atom is 0.238 e. The molecule has 0 N–H and O–H groups in total. The van der Waals surface area contributed by atoms with Gasteiger partial charge in [-0.3, -0.25) is 14.7 Å². The van der Waals surface area contributed by atoms with Gasteiger partial charge in [0.05, 0.1) is 11.9 Å². The number of anilines is 2. The molecule has 1 amide bonds. The van der Waals surface area contributed by atoms with Gasteiger partial charge in [0.2, 0.25) is 5.91 Å². The molecule has 0 aliphatic heterocycles. The van der Waals surface area contributed by atoms with Gasteiger partial charge in [-0.05, 0) is 18.2 Å². The fraction of sp³-hybridized carbons (Fsp3) is 0.267. The van der Waals surface area contributed by atoms with E-state index >= 15 is 0 Å². The summed E-state index contributed by atoms with van der Waals surface area (Å²) in [5.41, 5.74) is -0.186. The van der Waals surface area contributed by atoms with E-state index in [1.807, 2.05) is 0 Å². The van der Waals surface area contributed by atoms with E-state index in [4.69, 9.17) is 0 Å². The van der Waals surface area contributed by atoms with E-state index in [9.17, 15) is 9.18 Å². The van der Waals surface area contributed by atoms with Crippen molar-refractivity contribution >= 4 is 17.4 Å². The van der Waals surface area contributed by atoms with Gasteiger partial charge in [0, 0.05) is 17.8 Å². The molecule has 1 aromatic heterocycles. The number of rotatable bonds is 2. The molecule has 0 atom stereocenters. The highest BCUT2D eigenvalue weighted by atomic mass is 19.1. The van der Waals surface area contributed by atoms with Crippen molar-refractivity contribution in [2.45, 2.75) is 20.8 Å². The average molecular weight is 273 g/mol. The molecular formula is C15H16FN3O. The van der Waals surface area contributed by atoms with Crippen LogP contribution in [0.2, 0.25) is 0 Å². The Kier molecular flexibility index (Phi) is 3.79. The Morgan fingerprint density at radius 2 is 2.00 bits per heavy atom. The minimum atomic E-state index is -0.621. The third-order valence-electron chi connectivity index (χ3n) is 2.69. The Morgan fingerprint density at radius 3 is 2.55 bits per heavy atom. The number of carbonyl (C=O) groups excluding carboxylic acids is 1. The smallest absolute Gasteiger partial charge is 0.238 e. The molecule has 0 radical (unpaired) electrons. The van der Waals surface area contributed by atoms with E-state index in [1.54, 1.807) is 32.9 Å². The molecule has 0 fully saturated rings. The molecule has 104 valence electrons. The van der Waals surface area contributed by atoms with Gasteiger partial charge in [-0.2, -0.15) is 0 Å². The van der Waals surface area contributed by atoms with Crippen LogP contribution in [0.3, 0.4) is 0 Å². The van der Waals surface area contributed by atoms with Crippen molar-refractivity contribution in [3.8, 4) is 0 Å². The molecule has 5 heteroatoms. The Balaban J connectivity index is 2.53. The molecule has 1 aromatic carbocycles. The second kappa shape index (κ2) is 5.36. The summed E-state index contributed by atoms with van der Waals surface area (Å²) < 4.78 is 13.4. The van der Waals surface area contributed by atoms with Crippen molar-refractivity contribution in [3.63, 3.8) is 0 Å². The number of carbonyl (C=O) groups is 1. The first kappa shape index (κ1) is 14.1. The van der Waals surface area contributed by atoms with E-state index in [2.05, 4.69) is 9.97 Å². The molecule has 0 aliphatic carbocycles. The van der Waals surface area contributed by atoms with Gasteiger partial charge < -0.3 is 0 Å². The highest BCUT2D eigenvalue weighted by molar-refractivity contribution is 6.02. The maximum atomic E-state index is 13.4. The number of aromatic nitrogens is 2. The zero-order chi connectivity index (χ0) is 14.8. The van der Waals surface area contributed by atoms with Crippen molar-refractivity contribution in [1.82, 2.24) is 9.97 Å². The predicted molar refractivity (Wildman–Crippen MR) is 75.0 cm³/mol. The number of amides is 1. The normalized spacial score (nSPS) is 11.2. The molecule has 4 nitrogen and oxygen atoms in total. The molecule has 0 spiro atoms. The summed E-state index contributed by atoms with van der Waals surface area (Å²) in [5, 5.41) is 0. The summed E-state index contributed by atoms with van der Waals surface area (Å²) in [5.74, 6) is -0.209. The standard InChI is InChI=1S/C15H16FN3O/c1-15(2,3)14(20)19(13-10-17-7-8-18-13)12-6-4-5-11(16)9-12/h4-10H,1-3H3. The lowest BCUT2D eigenvalue weighted by Crippen LogP contribution is -2.36. The molecule has 2 aromatic rings. The Morgan fingerprint density at radius 1 is 1.25 bits per heavy atom. The zero-order valence-electron chi connectivity index (χ0n) is 11.7. The Bertz CT molecular complexity index is 608. The molecule has 0 unspecified atom stereocenters. The first-order valence-electron chi connectivity index (χ1n) is 6.26. The van der Waals surface area contributed by atoms with Gasteiger partial charge in [-0.25, -0.2) is 9.37 Å². The number of hydrogen-bond donors (Lipinski definition) is 0. The highest BCUT2D eigenvalue weighted by Crippen LogP contribution is 2.29. The Labute approximate surface area is 117 Å². The van der Waals surface area contributed by atoms with Crippen LogP contribution in [-0.2, 0) is 4.79 Å². The van der Waals surface area contributed by atoms with Crippen LogP contribution in [-0.4, -0.2) is 15.9 Å². The fourth-order valence-corrected chi connectivity index (χ4v) is 1.71. The minimum absolute atomic E-state index is 0.177. The molecule has 0 bridgehead atoms. The molecule has 0 saturated carbocycles. The first-order chi connectivity index (χ1) is 9.39. The molecule has 0 aliphatic rings. The van der Waals surface area contributed by atoms with E-state index in [0.717, 1.165) is 0 Å². The van der Waals surface area contributed by atoms with E-state index < -0.39 is 11.2 Å². The topological polar surface area (TPSA) is 46.1 Å². The second-order valence-corrected chi connectivity index (χ2v) is 5.43. The average Bonchev–Trinajstić information content (AvgIpc) is 2.39. The summed E-state index contributed by atoms with van der Waals surface area (Å²) >= 11 is 0. The monoisotopic (exact) mass is 273 g/mol. The lowest BCUT2D eigenvalue weighted by Gasteiger charge is -2.28. The second-order valence-electron chi connectivity index (χ2n) is 5.43. The van der Waals surface area contributed by atoms with Gasteiger partial charge in [-0.1, -0.05) is 26.8 Å². The summed E-state index contributed by atoms with van der Waals surface area (Å²) in [7, 11) is 0. The van der Waals surface area contributed by atoms with Crippen molar-refractivity contribution in [3.05, 3.63) is 48.7 Å². The number of halogens is 1. The van der Waals surface area contributed by atoms with Crippen LogP contribution in [0.5, 0.6) is 0 Å². The predicted octanol–water partition coefficient (Wildman–Crippen LogP) is 3.33. The van der Waals surface area contributed by atoms with Crippen molar-refractivity contribution in [2.24, 2.45) is 5.41 Å². The van der Waals surface area contributed by atoms with Gasteiger partial charge >= 0.3 is 0 Å². The van der Waals surface area contributed by atoms with Gasteiger partial charge in [0.15, 0.2) is 5.82 Å². The molecule has 1 heterocycles. The number of benzene rings is 1. The summed E-state index contributed by atoms with van der Waals surface area (Å²) in [6.07, 6.45) is 4.50. The third kappa shape index (κ3) is 2.99. The fourth-order valence-electron chi connectivity index (χ4n) is 1.71. The summed E-state index contributed by atoms with van der Waals surface area (Å²) in [6, 6.07) is 5.86. The van der Waals surface area contributed by atoms with Crippen molar-refractivity contribution < 1.29 is 9.18 Å². The lowest BCUT2D eigenvalue weighted by atomic mass is 9.94. The summed E-state index contributed by atoms with van der Waals surface area (Å²) in [6.45, 7) is 5.41. The van der Waals surface area contributed by atoms with Crippen LogP contribution in [0.4, 0.5) is 15.9 Å². The van der Waals surface area contributed by atoms with Gasteiger partial charge in [0.1, 0.15) is 5.82 Å². The zero-order valence-corrected chi connectivity index (χ0v) is 11.7. The number of hydrogen-bond acceptors (Lipinski definition) is 3. The van der Waals surface area contributed by atoms with Gasteiger partial charge in [-0.15, -0.1) is 0 Å². The van der Waals surface area contributed by atoms with Gasteiger partial charge in [0.25, 0.3) is 0 Å².